The lowest BCUT2D eigenvalue weighted by Gasteiger charge is -2.44. The molecule has 11 heteroatoms. The largest absolute Gasteiger partial charge is 0.451 e. The van der Waals surface area contributed by atoms with Crippen LogP contribution in [-0.4, -0.2) is 61.0 Å². The fourth-order valence-corrected chi connectivity index (χ4v) is 5.95. The minimum atomic E-state index is -4.60. The summed E-state index contributed by atoms with van der Waals surface area (Å²) >= 11 is 0. The first-order valence-corrected chi connectivity index (χ1v) is 12.3. The van der Waals surface area contributed by atoms with Gasteiger partial charge in [-0.15, -0.1) is 0 Å². The maximum Gasteiger partial charge on any atom is 0.451 e. The molecule has 0 bridgehead atoms. The second-order valence-electron chi connectivity index (χ2n) is 8.37. The van der Waals surface area contributed by atoms with Crippen LogP contribution in [0.3, 0.4) is 0 Å². The monoisotopic (exact) mass is 472 g/mol. The predicted molar refractivity (Wildman–Crippen MR) is 111 cm³/mol. The summed E-state index contributed by atoms with van der Waals surface area (Å²) in [5.74, 6) is -0.880. The number of aromatic nitrogens is 2. The quantitative estimate of drug-likeness (QED) is 0.636. The van der Waals surface area contributed by atoms with Gasteiger partial charge in [0, 0.05) is 26.2 Å². The van der Waals surface area contributed by atoms with Crippen molar-refractivity contribution in [1.29, 1.82) is 0 Å². The third-order valence-electron chi connectivity index (χ3n) is 6.17. The minimum absolute atomic E-state index is 0.120. The zero-order valence-corrected chi connectivity index (χ0v) is 18.1. The summed E-state index contributed by atoms with van der Waals surface area (Å²) in [6.45, 7) is 2.39. The second kappa shape index (κ2) is 8.93. The predicted octanol–water partition coefficient (Wildman–Crippen LogP) is 3.32. The van der Waals surface area contributed by atoms with Gasteiger partial charge in [-0.1, -0.05) is 12.1 Å². The van der Waals surface area contributed by atoms with Gasteiger partial charge in [0.05, 0.1) is 35.6 Å². The zero-order chi connectivity index (χ0) is 22.9. The fraction of sp³-hybridized carbons (Fsp3) is 0.524. The molecule has 3 heterocycles. The van der Waals surface area contributed by atoms with Gasteiger partial charge in [0.25, 0.3) is 0 Å². The molecule has 2 aromatic rings. The van der Waals surface area contributed by atoms with E-state index in [0.29, 0.717) is 38.2 Å². The van der Waals surface area contributed by atoms with E-state index >= 15 is 0 Å². The number of hydrogen-bond donors (Lipinski definition) is 0. The van der Waals surface area contributed by atoms with Crippen LogP contribution in [-0.2, 0) is 16.0 Å². The number of piperazine rings is 1. The van der Waals surface area contributed by atoms with Crippen molar-refractivity contribution in [2.75, 3.05) is 42.6 Å². The third kappa shape index (κ3) is 5.37. The summed E-state index contributed by atoms with van der Waals surface area (Å²) in [6.07, 6.45) is -1.00. The SMILES string of the molecule is O=S1(=O)CCC(CN2CCN(c3cnc(C(F)(F)F)nc3)CC2c2ccc(F)cc2)CC1. The van der Waals surface area contributed by atoms with Crippen LogP contribution in [0.4, 0.5) is 23.2 Å². The lowest BCUT2D eigenvalue weighted by molar-refractivity contribution is -0.145. The summed E-state index contributed by atoms with van der Waals surface area (Å²) in [5.41, 5.74) is 1.39. The molecule has 2 aliphatic rings. The average molecular weight is 473 g/mol. The highest BCUT2D eigenvalue weighted by Crippen LogP contribution is 2.32. The molecular weight excluding hydrogens is 448 g/mol. The molecule has 2 fully saturated rings. The van der Waals surface area contributed by atoms with Crippen LogP contribution >= 0.6 is 0 Å². The molecule has 0 saturated carbocycles. The van der Waals surface area contributed by atoms with Gasteiger partial charge in [0.2, 0.25) is 5.82 Å². The van der Waals surface area contributed by atoms with E-state index in [1.807, 2.05) is 4.90 Å². The van der Waals surface area contributed by atoms with E-state index in [-0.39, 0.29) is 29.3 Å². The van der Waals surface area contributed by atoms with Gasteiger partial charge in [-0.2, -0.15) is 13.2 Å². The van der Waals surface area contributed by atoms with Crippen LogP contribution in [0.5, 0.6) is 0 Å². The van der Waals surface area contributed by atoms with Crippen molar-refractivity contribution >= 4 is 15.5 Å². The number of rotatable bonds is 4. The van der Waals surface area contributed by atoms with Crippen molar-refractivity contribution < 1.29 is 26.0 Å². The Morgan fingerprint density at radius 2 is 1.62 bits per heavy atom. The first kappa shape index (κ1) is 22.9. The maximum absolute atomic E-state index is 13.5. The summed E-state index contributed by atoms with van der Waals surface area (Å²) in [6, 6.07) is 6.09. The van der Waals surface area contributed by atoms with Gasteiger partial charge in [-0.25, -0.2) is 22.8 Å². The normalized spacial score (nSPS) is 22.8. The summed E-state index contributed by atoms with van der Waals surface area (Å²) in [4.78, 5) is 11.1. The van der Waals surface area contributed by atoms with Crippen LogP contribution in [0.1, 0.15) is 30.3 Å². The highest BCUT2D eigenvalue weighted by molar-refractivity contribution is 7.91. The number of nitrogens with zero attached hydrogens (tertiary/aromatic N) is 4. The van der Waals surface area contributed by atoms with Crippen LogP contribution in [0.15, 0.2) is 36.7 Å². The van der Waals surface area contributed by atoms with Gasteiger partial charge >= 0.3 is 6.18 Å². The zero-order valence-electron chi connectivity index (χ0n) is 17.3. The molecule has 1 aromatic carbocycles. The molecule has 2 saturated heterocycles. The lowest BCUT2D eigenvalue weighted by Crippen LogP contribution is -2.50. The Morgan fingerprint density at radius 1 is 1.00 bits per heavy atom. The second-order valence-corrected chi connectivity index (χ2v) is 10.7. The summed E-state index contributed by atoms with van der Waals surface area (Å²) in [7, 11) is -2.95. The Balaban J connectivity index is 1.52. The molecule has 4 rings (SSSR count). The lowest BCUT2D eigenvalue weighted by atomic mass is 9.97. The molecule has 1 atom stereocenters. The number of hydrogen-bond acceptors (Lipinski definition) is 6. The minimum Gasteiger partial charge on any atom is -0.366 e. The molecule has 6 nitrogen and oxygen atoms in total. The van der Waals surface area contributed by atoms with Crippen molar-refractivity contribution in [1.82, 2.24) is 14.9 Å². The molecule has 0 aliphatic carbocycles. The van der Waals surface area contributed by atoms with E-state index < -0.39 is 21.8 Å². The van der Waals surface area contributed by atoms with E-state index in [1.54, 1.807) is 12.1 Å². The van der Waals surface area contributed by atoms with Crippen molar-refractivity contribution in [3.05, 3.63) is 53.9 Å². The van der Waals surface area contributed by atoms with E-state index in [0.717, 1.165) is 12.1 Å². The number of benzene rings is 1. The smallest absolute Gasteiger partial charge is 0.366 e. The highest BCUT2D eigenvalue weighted by Gasteiger charge is 2.35. The molecule has 0 spiro atoms. The topological polar surface area (TPSA) is 66.4 Å². The first-order valence-electron chi connectivity index (χ1n) is 10.4. The molecular formula is C21H24F4N4O2S. The molecule has 1 aromatic heterocycles. The van der Waals surface area contributed by atoms with Gasteiger partial charge in [-0.05, 0) is 36.5 Å². The number of anilines is 1. The molecule has 0 amide bonds. The van der Waals surface area contributed by atoms with Crippen molar-refractivity contribution in [3.8, 4) is 0 Å². The average Bonchev–Trinajstić information content (AvgIpc) is 2.76. The van der Waals surface area contributed by atoms with Gasteiger partial charge < -0.3 is 4.90 Å². The van der Waals surface area contributed by atoms with Gasteiger partial charge in [-0.3, -0.25) is 4.90 Å². The third-order valence-corrected chi connectivity index (χ3v) is 7.89. The first-order chi connectivity index (χ1) is 15.1. The van der Waals surface area contributed by atoms with Crippen LogP contribution in [0.25, 0.3) is 0 Å². The molecule has 174 valence electrons. The molecule has 0 radical (unpaired) electrons. The van der Waals surface area contributed by atoms with Crippen LogP contribution in [0, 0.1) is 11.7 Å². The van der Waals surface area contributed by atoms with E-state index in [4.69, 9.17) is 0 Å². The summed E-state index contributed by atoms with van der Waals surface area (Å²) in [5, 5.41) is 0. The van der Waals surface area contributed by atoms with E-state index in [2.05, 4.69) is 14.9 Å². The van der Waals surface area contributed by atoms with E-state index in [1.165, 1.54) is 24.5 Å². The fourth-order valence-electron chi connectivity index (χ4n) is 4.36. The number of alkyl halides is 3. The molecule has 1 unspecified atom stereocenters. The van der Waals surface area contributed by atoms with E-state index in [9.17, 15) is 26.0 Å². The molecule has 2 aliphatic heterocycles. The number of halogens is 4. The molecule has 32 heavy (non-hydrogen) atoms. The Bertz CT molecular complexity index is 1020. The number of sulfone groups is 1. The van der Waals surface area contributed by atoms with Crippen molar-refractivity contribution in [2.24, 2.45) is 5.92 Å². The Labute approximate surface area is 184 Å². The van der Waals surface area contributed by atoms with Gasteiger partial charge in [0.15, 0.2) is 0 Å². The van der Waals surface area contributed by atoms with Crippen LogP contribution < -0.4 is 4.90 Å². The molecule has 0 N–H and O–H groups in total. The van der Waals surface area contributed by atoms with Crippen LogP contribution in [0.2, 0.25) is 0 Å². The maximum atomic E-state index is 13.5. The van der Waals surface area contributed by atoms with Crippen molar-refractivity contribution in [2.45, 2.75) is 25.1 Å². The standard InChI is InChI=1S/C21H24F4N4O2S/c22-17-3-1-16(2-4-17)19-14-28(18-11-26-20(27-12-18)21(23,24)25)7-8-29(19)13-15-5-9-32(30,31)10-6-15/h1-4,11-12,15,19H,5-10,13-14H2. The van der Waals surface area contributed by atoms with Crippen molar-refractivity contribution in [3.63, 3.8) is 0 Å². The Hall–Kier alpha value is -2.27. The summed E-state index contributed by atoms with van der Waals surface area (Å²) < 4.78 is 75.3. The van der Waals surface area contributed by atoms with Gasteiger partial charge in [0.1, 0.15) is 15.7 Å². The Morgan fingerprint density at radius 3 is 2.22 bits per heavy atom. The highest BCUT2D eigenvalue weighted by atomic mass is 32.2. The Kier molecular flexibility index (Phi) is 6.39.